The average Bonchev–Trinajstić information content (AvgIpc) is 2.24. The Labute approximate surface area is 99.6 Å². The fourth-order valence-electron chi connectivity index (χ4n) is 2.45. The first-order chi connectivity index (χ1) is 7.56. The van der Waals surface area contributed by atoms with E-state index < -0.39 is 0 Å². The highest BCUT2D eigenvalue weighted by Gasteiger charge is 2.29. The van der Waals surface area contributed by atoms with E-state index >= 15 is 0 Å². The van der Waals surface area contributed by atoms with Gasteiger partial charge in [0.2, 0.25) is 5.91 Å². The Hall–Kier alpha value is -0.570. The van der Waals surface area contributed by atoms with Crippen molar-refractivity contribution in [3.05, 3.63) is 0 Å². The maximum Gasteiger partial charge on any atom is 0.226 e. The van der Waals surface area contributed by atoms with Gasteiger partial charge in [-0.25, -0.2) is 0 Å². The van der Waals surface area contributed by atoms with Crippen LogP contribution in [0.2, 0.25) is 0 Å². The number of amides is 1. The summed E-state index contributed by atoms with van der Waals surface area (Å²) in [6.07, 6.45) is 3.03. The predicted octanol–water partition coefficient (Wildman–Crippen LogP) is 2.02. The molecule has 0 aromatic heterocycles. The maximum absolute atomic E-state index is 12.4. The van der Waals surface area contributed by atoms with Crippen molar-refractivity contribution in [2.24, 2.45) is 5.92 Å². The number of rotatable bonds is 4. The third-order valence-electron chi connectivity index (χ3n) is 3.34. The first-order valence-electron chi connectivity index (χ1n) is 6.60. The lowest BCUT2D eigenvalue weighted by Gasteiger charge is -2.34. The SMILES string of the molecule is CCCN(C(=O)C1CCNC(C)C1)C(C)C. The molecule has 16 heavy (non-hydrogen) atoms. The molecule has 0 radical (unpaired) electrons. The maximum atomic E-state index is 12.4. The molecule has 1 rings (SSSR count). The van der Waals surface area contributed by atoms with Gasteiger partial charge in [0, 0.05) is 24.5 Å². The van der Waals surface area contributed by atoms with Gasteiger partial charge < -0.3 is 10.2 Å². The lowest BCUT2D eigenvalue weighted by atomic mass is 9.91. The highest BCUT2D eigenvalue weighted by Crippen LogP contribution is 2.20. The molecular formula is C13H26N2O. The van der Waals surface area contributed by atoms with Crippen LogP contribution < -0.4 is 5.32 Å². The van der Waals surface area contributed by atoms with Gasteiger partial charge in [-0.2, -0.15) is 0 Å². The number of carbonyl (C=O) groups excluding carboxylic acids is 1. The Morgan fingerprint density at radius 2 is 2.19 bits per heavy atom. The second-order valence-corrected chi connectivity index (χ2v) is 5.20. The summed E-state index contributed by atoms with van der Waals surface area (Å²) in [5, 5.41) is 3.40. The fourth-order valence-corrected chi connectivity index (χ4v) is 2.45. The summed E-state index contributed by atoms with van der Waals surface area (Å²) < 4.78 is 0. The minimum atomic E-state index is 0.241. The van der Waals surface area contributed by atoms with Gasteiger partial charge in [0.15, 0.2) is 0 Å². The summed E-state index contributed by atoms with van der Waals surface area (Å²) in [5.41, 5.74) is 0. The molecule has 1 aliphatic rings. The van der Waals surface area contributed by atoms with Crippen molar-refractivity contribution < 1.29 is 4.79 Å². The average molecular weight is 226 g/mol. The summed E-state index contributed by atoms with van der Waals surface area (Å²) >= 11 is 0. The Balaban J connectivity index is 2.58. The highest BCUT2D eigenvalue weighted by atomic mass is 16.2. The van der Waals surface area contributed by atoms with Gasteiger partial charge in [-0.1, -0.05) is 6.92 Å². The minimum Gasteiger partial charge on any atom is -0.340 e. The number of nitrogens with zero attached hydrogens (tertiary/aromatic N) is 1. The molecule has 1 amide bonds. The lowest BCUT2D eigenvalue weighted by Crippen LogP contribution is -2.46. The third kappa shape index (κ3) is 3.48. The zero-order valence-electron chi connectivity index (χ0n) is 11.1. The van der Waals surface area contributed by atoms with Crippen LogP contribution in [-0.2, 0) is 4.79 Å². The van der Waals surface area contributed by atoms with Gasteiger partial charge in [0.05, 0.1) is 0 Å². The van der Waals surface area contributed by atoms with Crippen LogP contribution in [0.4, 0.5) is 0 Å². The molecule has 1 heterocycles. The van der Waals surface area contributed by atoms with Crippen molar-refractivity contribution in [1.29, 1.82) is 0 Å². The monoisotopic (exact) mass is 226 g/mol. The zero-order chi connectivity index (χ0) is 12.1. The van der Waals surface area contributed by atoms with Crippen LogP contribution in [0.15, 0.2) is 0 Å². The molecule has 3 heteroatoms. The molecule has 2 unspecified atom stereocenters. The summed E-state index contributed by atoms with van der Waals surface area (Å²) in [6, 6.07) is 0.816. The minimum absolute atomic E-state index is 0.241. The van der Waals surface area contributed by atoms with Gasteiger partial charge in [-0.15, -0.1) is 0 Å². The second-order valence-electron chi connectivity index (χ2n) is 5.20. The van der Waals surface area contributed by atoms with Crippen LogP contribution in [0.25, 0.3) is 0 Å². The first-order valence-corrected chi connectivity index (χ1v) is 6.60. The van der Waals surface area contributed by atoms with Crippen LogP contribution >= 0.6 is 0 Å². The number of carbonyl (C=O) groups is 1. The summed E-state index contributed by atoms with van der Waals surface area (Å²) in [4.78, 5) is 14.4. The van der Waals surface area contributed by atoms with Crippen LogP contribution in [0.5, 0.6) is 0 Å². The molecule has 0 spiro atoms. The standard InChI is InChI=1S/C13H26N2O/c1-5-8-15(10(2)3)13(16)12-6-7-14-11(4)9-12/h10-12,14H,5-9H2,1-4H3. The van der Waals surface area contributed by atoms with Crippen LogP contribution in [0.1, 0.15) is 47.0 Å². The van der Waals surface area contributed by atoms with Gasteiger partial charge >= 0.3 is 0 Å². The van der Waals surface area contributed by atoms with Crippen molar-refractivity contribution in [2.75, 3.05) is 13.1 Å². The number of piperidine rings is 1. The van der Waals surface area contributed by atoms with Crippen molar-refractivity contribution in [3.63, 3.8) is 0 Å². The van der Waals surface area contributed by atoms with Crippen molar-refractivity contribution >= 4 is 5.91 Å². The van der Waals surface area contributed by atoms with Gasteiger partial charge in [0.25, 0.3) is 0 Å². The topological polar surface area (TPSA) is 32.3 Å². The molecule has 0 saturated carbocycles. The van der Waals surface area contributed by atoms with Gasteiger partial charge in [-0.05, 0) is 46.6 Å². The molecule has 0 aliphatic carbocycles. The molecule has 0 aromatic rings. The molecule has 1 N–H and O–H groups in total. The van der Waals surface area contributed by atoms with Gasteiger partial charge in [0.1, 0.15) is 0 Å². The Kier molecular flexibility index (Phi) is 5.26. The summed E-state index contributed by atoms with van der Waals surface area (Å²) in [7, 11) is 0. The highest BCUT2D eigenvalue weighted by molar-refractivity contribution is 5.79. The van der Waals surface area contributed by atoms with Crippen LogP contribution in [0.3, 0.4) is 0 Å². The number of hydrogen-bond donors (Lipinski definition) is 1. The third-order valence-corrected chi connectivity index (χ3v) is 3.34. The molecule has 3 nitrogen and oxygen atoms in total. The van der Waals surface area contributed by atoms with E-state index in [0.29, 0.717) is 18.0 Å². The fraction of sp³-hybridized carbons (Fsp3) is 0.923. The molecule has 2 atom stereocenters. The van der Waals surface area contributed by atoms with E-state index in [0.717, 1.165) is 32.4 Å². The Morgan fingerprint density at radius 3 is 2.69 bits per heavy atom. The molecular weight excluding hydrogens is 200 g/mol. The van der Waals surface area contributed by atoms with Crippen molar-refractivity contribution in [2.45, 2.75) is 59.0 Å². The molecule has 1 fully saturated rings. The van der Waals surface area contributed by atoms with Crippen molar-refractivity contribution in [1.82, 2.24) is 10.2 Å². The second kappa shape index (κ2) is 6.24. The predicted molar refractivity (Wildman–Crippen MR) is 67.3 cm³/mol. The largest absolute Gasteiger partial charge is 0.340 e. The quantitative estimate of drug-likeness (QED) is 0.795. The summed E-state index contributed by atoms with van der Waals surface area (Å²) in [5.74, 6) is 0.607. The number of nitrogens with one attached hydrogen (secondary N) is 1. The smallest absolute Gasteiger partial charge is 0.226 e. The summed E-state index contributed by atoms with van der Waals surface area (Å²) in [6.45, 7) is 10.4. The molecule has 94 valence electrons. The van der Waals surface area contributed by atoms with E-state index in [4.69, 9.17) is 0 Å². The van der Waals surface area contributed by atoms with E-state index in [9.17, 15) is 4.79 Å². The van der Waals surface area contributed by atoms with E-state index in [1.807, 2.05) is 4.90 Å². The van der Waals surface area contributed by atoms with Crippen LogP contribution in [0, 0.1) is 5.92 Å². The van der Waals surface area contributed by atoms with E-state index in [1.165, 1.54) is 0 Å². The Bertz CT molecular complexity index is 228. The molecule has 1 aliphatic heterocycles. The normalized spacial score (nSPS) is 25.8. The molecule has 0 bridgehead atoms. The Morgan fingerprint density at radius 1 is 1.50 bits per heavy atom. The molecule has 0 aromatic carbocycles. The van der Waals surface area contributed by atoms with Crippen molar-refractivity contribution in [3.8, 4) is 0 Å². The first kappa shape index (κ1) is 13.5. The number of hydrogen-bond acceptors (Lipinski definition) is 2. The lowest BCUT2D eigenvalue weighted by molar-refractivity contribution is -0.138. The molecule has 1 saturated heterocycles. The van der Waals surface area contributed by atoms with Gasteiger partial charge in [-0.3, -0.25) is 4.79 Å². The van der Waals surface area contributed by atoms with E-state index in [2.05, 4.69) is 33.0 Å². The van der Waals surface area contributed by atoms with Crippen LogP contribution in [-0.4, -0.2) is 36.0 Å². The van der Waals surface area contributed by atoms with E-state index in [-0.39, 0.29) is 5.92 Å². The van der Waals surface area contributed by atoms with E-state index in [1.54, 1.807) is 0 Å². The zero-order valence-corrected chi connectivity index (χ0v) is 11.1.